The van der Waals surface area contributed by atoms with E-state index in [9.17, 15) is 10.2 Å². The average Bonchev–Trinajstić information content (AvgIpc) is 2.27. The van der Waals surface area contributed by atoms with Gasteiger partial charge in [-0.3, -0.25) is 0 Å². The van der Waals surface area contributed by atoms with Crippen molar-refractivity contribution in [2.24, 2.45) is 0 Å². The summed E-state index contributed by atoms with van der Waals surface area (Å²) >= 11 is 13.0. The van der Waals surface area contributed by atoms with Gasteiger partial charge in [-0.15, -0.1) is 13.2 Å². The monoisotopic (exact) mass is 430 g/mol. The van der Waals surface area contributed by atoms with Crippen LogP contribution in [0.5, 0.6) is 0 Å². The van der Waals surface area contributed by atoms with Gasteiger partial charge in [0.1, 0.15) is 0 Å². The Labute approximate surface area is 117 Å². The summed E-state index contributed by atoms with van der Waals surface area (Å²) in [7, 11) is 0. The molecule has 14 heavy (non-hydrogen) atoms. The van der Waals surface area contributed by atoms with E-state index in [1.807, 2.05) is 0 Å². The van der Waals surface area contributed by atoms with Crippen LogP contribution >= 0.6 is 28.2 Å². The summed E-state index contributed by atoms with van der Waals surface area (Å²) in [6, 6.07) is 0. The third-order valence-corrected chi connectivity index (χ3v) is 0.642. The molecule has 0 amide bonds. The summed E-state index contributed by atoms with van der Waals surface area (Å²) in [5.74, 6) is 0. The molecule has 98 valence electrons. The molecule has 0 unspecified atom stereocenters. The first-order chi connectivity index (χ1) is 6.83. The molecule has 8 heteroatoms. The molecule has 0 aromatic carbocycles. The molecule has 4 nitrogen and oxygen atoms in total. The van der Waals surface area contributed by atoms with Crippen molar-refractivity contribution >= 4 is 28.2 Å². The van der Waals surface area contributed by atoms with E-state index in [-0.39, 0.29) is 26.3 Å². The molecule has 0 fully saturated rings. The summed E-state index contributed by atoms with van der Waals surface area (Å²) in [5, 5.41) is 18.8. The molecule has 0 radical (unpaired) electrons. The van der Waals surface area contributed by atoms with Crippen LogP contribution in [0, 0.1) is 0 Å². The molecule has 0 heterocycles. The van der Waals surface area contributed by atoms with Gasteiger partial charge in [0, 0.05) is 0 Å². The Bertz CT molecular complexity index is 50.8. The molecular weight excluding hydrogens is 419 g/mol. The zero-order chi connectivity index (χ0) is 12.2. The van der Waals surface area contributed by atoms with Crippen molar-refractivity contribution in [3.05, 3.63) is 11.5 Å². The largest absolute Gasteiger partial charge is 0.854 e. The summed E-state index contributed by atoms with van der Waals surface area (Å²) in [4.78, 5) is 0. The Morgan fingerprint density at radius 3 is 1.00 bits per heavy atom. The number of nitrogens with one attached hydrogen (secondary N) is 2. The Hall–Kier alpha value is 1.84. The topological polar surface area (TPSA) is 93.7 Å². The van der Waals surface area contributed by atoms with Crippen LogP contribution in [0.25, 0.3) is 11.5 Å². The van der Waals surface area contributed by atoms with E-state index in [0.29, 0.717) is 12.8 Å². The van der Waals surface area contributed by atoms with Gasteiger partial charge in [0.15, 0.2) is 0 Å². The molecule has 0 aromatic heterocycles. The van der Waals surface area contributed by atoms with Crippen molar-refractivity contribution in [1.29, 1.82) is 0 Å². The van der Waals surface area contributed by atoms with Crippen LogP contribution in [0.1, 0.15) is 12.8 Å². The molecule has 2 N–H and O–H groups in total. The van der Waals surface area contributed by atoms with E-state index in [1.54, 1.807) is 0 Å². The van der Waals surface area contributed by atoms with Gasteiger partial charge in [0.25, 0.3) is 0 Å². The Morgan fingerprint density at radius 1 is 0.786 bits per heavy atom. The quantitative estimate of drug-likeness (QED) is 0.625. The van der Waals surface area contributed by atoms with Crippen LogP contribution in [-0.4, -0.2) is 26.3 Å². The van der Waals surface area contributed by atoms with Gasteiger partial charge in [-0.1, -0.05) is 12.8 Å². The second-order valence-corrected chi connectivity index (χ2v) is 1.62. The standard InChI is InChI=1S/2C3H7NO.2BrH.2Cu/c2*4-2-1-3-5;;;;/h2*4H,1-3H2;2*1H;;/q2*-2;;;2*+2/p-2. The fourth-order valence-corrected chi connectivity index (χ4v) is 0.144. The van der Waals surface area contributed by atoms with Gasteiger partial charge < -0.3 is 21.7 Å². The average molecular weight is 433 g/mol. The maximum Gasteiger partial charge on any atom is -0.0879 e. The van der Waals surface area contributed by atoms with Crippen molar-refractivity contribution in [1.82, 2.24) is 0 Å². The molecular formula is C6H14Br2Cu2N2O2-2. The molecule has 0 atom stereocenters. The molecule has 0 aliphatic heterocycles. The Kier molecular flexibility index (Phi) is 82.2. The normalized spacial score (nSPS) is 7.00. The van der Waals surface area contributed by atoms with E-state index in [1.165, 1.54) is 0 Å². The maximum absolute atomic E-state index is 9.41. The number of halogens is 2. The molecule has 0 aliphatic carbocycles. The summed E-state index contributed by atoms with van der Waals surface area (Å²) < 4.78 is 0. The molecule has 0 saturated carbocycles. The summed E-state index contributed by atoms with van der Waals surface area (Å²) in [6.45, 7) is 0.375. The third-order valence-electron chi connectivity index (χ3n) is 0.642. The van der Waals surface area contributed by atoms with Crippen LogP contribution in [0.2, 0.25) is 0 Å². The molecule has 0 bridgehead atoms. The summed E-state index contributed by atoms with van der Waals surface area (Å²) in [5.41, 5.74) is 12.8. The van der Waals surface area contributed by atoms with Crippen molar-refractivity contribution in [3.8, 4) is 0 Å². The van der Waals surface area contributed by atoms with Gasteiger partial charge in [-0.05, 0) is 0 Å². The Morgan fingerprint density at radius 2 is 1.00 bits per heavy atom. The molecule has 0 aliphatic rings. The van der Waals surface area contributed by atoms with E-state index < -0.39 is 0 Å². The minimum absolute atomic E-state index is 0.0938. The first-order valence-electron chi connectivity index (χ1n) is 3.51. The predicted octanol–water partition coefficient (Wildman–Crippen LogP) is 1.26. The second kappa shape index (κ2) is 46.2. The fourth-order valence-electron chi connectivity index (χ4n) is 0.144. The van der Waals surface area contributed by atoms with E-state index in [0.717, 1.165) is 0 Å². The van der Waals surface area contributed by atoms with Gasteiger partial charge >= 0.3 is 56.6 Å². The number of rotatable bonds is 4. The molecule has 0 aromatic rings. The van der Waals surface area contributed by atoms with Crippen molar-refractivity contribution in [2.45, 2.75) is 12.8 Å². The summed E-state index contributed by atoms with van der Waals surface area (Å²) in [6.07, 6.45) is 1.00. The minimum atomic E-state index is -0.0938. The zero-order valence-electron chi connectivity index (χ0n) is 7.42. The zero-order valence-corrected chi connectivity index (χ0v) is 12.5. The maximum atomic E-state index is 9.41. The third kappa shape index (κ3) is 66.9. The van der Waals surface area contributed by atoms with Gasteiger partial charge in [-0.2, -0.15) is 13.1 Å². The van der Waals surface area contributed by atoms with E-state index in [2.05, 4.69) is 56.6 Å². The molecule has 0 saturated heterocycles. The van der Waals surface area contributed by atoms with Crippen LogP contribution in [0.4, 0.5) is 0 Å². The van der Waals surface area contributed by atoms with Crippen LogP contribution in [0.3, 0.4) is 0 Å². The first kappa shape index (κ1) is 24.9. The predicted molar refractivity (Wildman–Crippen MR) is 55.2 cm³/mol. The fraction of sp³-hybridized carbons (Fsp3) is 1.00. The van der Waals surface area contributed by atoms with E-state index in [4.69, 9.17) is 11.5 Å². The van der Waals surface area contributed by atoms with E-state index >= 15 is 0 Å². The van der Waals surface area contributed by atoms with Gasteiger partial charge in [-0.25, -0.2) is 0 Å². The van der Waals surface area contributed by atoms with Gasteiger partial charge in [0.2, 0.25) is 0 Å². The number of hydrogen-bond acceptors (Lipinski definition) is 2. The van der Waals surface area contributed by atoms with Crippen molar-refractivity contribution in [2.75, 3.05) is 26.3 Å². The van der Waals surface area contributed by atoms with Crippen LogP contribution in [0.15, 0.2) is 0 Å². The Balaban J connectivity index is -0.0000000528. The van der Waals surface area contributed by atoms with Gasteiger partial charge in [0.05, 0.1) is 0 Å². The van der Waals surface area contributed by atoms with Crippen molar-refractivity contribution in [3.63, 3.8) is 0 Å². The number of hydrogen-bond donors (Lipinski definition) is 0. The SMILES string of the molecule is [Cu+][Br].[Cu+][Br].[NH-]CCC[O-].[NH-]CCC[O-]. The smallest absolute Gasteiger partial charge is 0.0879 e. The first-order valence-corrected chi connectivity index (χ1v) is 8.17. The van der Waals surface area contributed by atoms with Crippen LogP contribution in [-0.2, 0) is 28.4 Å². The second-order valence-electron chi connectivity index (χ2n) is 1.62. The van der Waals surface area contributed by atoms with Crippen LogP contribution < -0.4 is 10.2 Å². The minimum Gasteiger partial charge on any atom is -0.854 e. The van der Waals surface area contributed by atoms with Crippen molar-refractivity contribution < 1.29 is 38.6 Å². The molecule has 0 rings (SSSR count). The molecule has 0 spiro atoms.